The van der Waals surface area contributed by atoms with Gasteiger partial charge in [0.05, 0.1) is 0 Å². The van der Waals surface area contributed by atoms with Crippen molar-refractivity contribution < 1.29 is 22.8 Å². The Morgan fingerprint density at radius 2 is 2.18 bits per heavy atom. The van der Waals surface area contributed by atoms with Crippen LogP contribution in [0.15, 0.2) is 0 Å². The van der Waals surface area contributed by atoms with Crippen molar-refractivity contribution in [2.75, 3.05) is 12.3 Å². The normalized spacial score (nSPS) is 23.0. The lowest BCUT2D eigenvalue weighted by molar-refractivity contribution is -0.182. The molecule has 0 saturated carbocycles. The highest BCUT2D eigenvalue weighted by Crippen LogP contribution is 2.30. The number of hydrogen-bond acceptors (Lipinski definition) is 3. The second-order valence-corrected chi connectivity index (χ2v) is 5.33. The van der Waals surface area contributed by atoms with E-state index in [-0.39, 0.29) is 24.0 Å². The number of amides is 1. The van der Waals surface area contributed by atoms with Crippen molar-refractivity contribution in [1.29, 1.82) is 0 Å². The largest absolute Gasteiger partial charge is 0.408 e. The van der Waals surface area contributed by atoms with E-state index in [1.807, 2.05) is 0 Å². The molecular weight excluding hydrogens is 255 g/mol. The molecule has 1 rings (SSSR count). The third-order valence-electron chi connectivity index (χ3n) is 2.70. The highest BCUT2D eigenvalue weighted by atomic mass is 32.2. The maximum Gasteiger partial charge on any atom is 0.408 e. The van der Waals surface area contributed by atoms with Gasteiger partial charge in [-0.25, -0.2) is 0 Å². The van der Waals surface area contributed by atoms with Crippen LogP contribution in [0.2, 0.25) is 0 Å². The van der Waals surface area contributed by atoms with Gasteiger partial charge in [0.1, 0.15) is 6.04 Å². The molecule has 0 aromatic heterocycles. The van der Waals surface area contributed by atoms with Gasteiger partial charge in [0.25, 0.3) is 0 Å². The van der Waals surface area contributed by atoms with Crippen LogP contribution >= 0.6 is 11.8 Å². The number of carbonyl (C=O) groups is 2. The van der Waals surface area contributed by atoms with Crippen LogP contribution in [0.1, 0.15) is 20.3 Å². The first-order valence-electron chi connectivity index (χ1n) is 5.21. The van der Waals surface area contributed by atoms with Gasteiger partial charge < -0.3 is 4.90 Å². The zero-order valence-electron chi connectivity index (χ0n) is 9.58. The van der Waals surface area contributed by atoms with Gasteiger partial charge in [-0.05, 0) is 12.8 Å². The summed E-state index contributed by atoms with van der Waals surface area (Å²) >= 11 is 1.05. The van der Waals surface area contributed by atoms with E-state index >= 15 is 0 Å². The molecule has 2 unspecified atom stereocenters. The number of nitrogens with zero attached hydrogens (tertiary/aromatic N) is 1. The lowest BCUT2D eigenvalue weighted by atomic mass is 10.1. The molecule has 1 aliphatic heterocycles. The summed E-state index contributed by atoms with van der Waals surface area (Å²) in [5.41, 5.74) is 0. The Bertz CT molecular complexity index is 319. The lowest BCUT2D eigenvalue weighted by Gasteiger charge is -2.26. The van der Waals surface area contributed by atoms with Crippen LogP contribution in [0, 0.1) is 5.92 Å². The molecule has 1 heterocycles. The quantitative estimate of drug-likeness (QED) is 0.787. The van der Waals surface area contributed by atoms with E-state index < -0.39 is 18.1 Å². The van der Waals surface area contributed by atoms with Crippen LogP contribution in [-0.4, -0.2) is 40.4 Å². The molecule has 2 atom stereocenters. The number of hydrogen-bond donors (Lipinski definition) is 0. The minimum Gasteiger partial charge on any atom is -0.331 e. The fourth-order valence-electron chi connectivity index (χ4n) is 1.71. The first-order chi connectivity index (χ1) is 7.71. The zero-order valence-corrected chi connectivity index (χ0v) is 10.4. The van der Waals surface area contributed by atoms with Gasteiger partial charge in [0.15, 0.2) is 5.12 Å². The molecule has 17 heavy (non-hydrogen) atoms. The molecule has 0 N–H and O–H groups in total. The van der Waals surface area contributed by atoms with Crippen molar-refractivity contribution in [3.63, 3.8) is 0 Å². The van der Waals surface area contributed by atoms with Crippen molar-refractivity contribution in [3.8, 4) is 0 Å². The first-order valence-corrected chi connectivity index (χ1v) is 6.20. The van der Waals surface area contributed by atoms with Crippen LogP contribution in [0.25, 0.3) is 0 Å². The van der Waals surface area contributed by atoms with E-state index in [2.05, 4.69) is 0 Å². The molecule has 3 nitrogen and oxygen atoms in total. The van der Waals surface area contributed by atoms with Gasteiger partial charge in [-0.1, -0.05) is 11.8 Å². The fourth-order valence-corrected chi connectivity index (χ4v) is 2.40. The minimum atomic E-state index is -4.39. The van der Waals surface area contributed by atoms with Gasteiger partial charge in [0, 0.05) is 25.6 Å². The average molecular weight is 269 g/mol. The topological polar surface area (TPSA) is 37.4 Å². The SMILES string of the molecule is CC(=O)SCC1CC(=O)N(C(C)C(F)(F)F)C1. The summed E-state index contributed by atoms with van der Waals surface area (Å²) in [7, 11) is 0. The number of alkyl halides is 3. The Balaban J connectivity index is 2.55. The molecular formula is C10H14F3NO2S. The van der Waals surface area contributed by atoms with E-state index in [0.717, 1.165) is 23.6 Å². The summed E-state index contributed by atoms with van der Waals surface area (Å²) in [5.74, 6) is -0.243. The van der Waals surface area contributed by atoms with Crippen molar-refractivity contribution in [2.24, 2.45) is 5.92 Å². The minimum absolute atomic E-state index is 0.0831. The van der Waals surface area contributed by atoms with E-state index in [1.54, 1.807) is 0 Å². The average Bonchev–Trinajstić information content (AvgIpc) is 2.54. The van der Waals surface area contributed by atoms with Crippen molar-refractivity contribution in [2.45, 2.75) is 32.5 Å². The molecule has 0 aromatic rings. The molecule has 7 heteroatoms. The van der Waals surface area contributed by atoms with Gasteiger partial charge >= 0.3 is 6.18 Å². The second-order valence-electron chi connectivity index (χ2n) is 4.14. The fraction of sp³-hybridized carbons (Fsp3) is 0.800. The highest BCUT2D eigenvalue weighted by Gasteiger charge is 2.45. The van der Waals surface area contributed by atoms with Crippen LogP contribution < -0.4 is 0 Å². The monoisotopic (exact) mass is 269 g/mol. The van der Waals surface area contributed by atoms with Gasteiger partial charge in [0.2, 0.25) is 5.91 Å². The zero-order chi connectivity index (χ0) is 13.2. The summed E-state index contributed by atoms with van der Waals surface area (Å²) in [6.07, 6.45) is -4.29. The van der Waals surface area contributed by atoms with Gasteiger partial charge in [-0.3, -0.25) is 9.59 Å². The Kier molecular flexibility index (Phi) is 4.46. The van der Waals surface area contributed by atoms with Crippen molar-refractivity contribution in [3.05, 3.63) is 0 Å². The summed E-state index contributed by atoms with van der Waals surface area (Å²) in [5, 5.41) is -0.0835. The second kappa shape index (κ2) is 5.29. The predicted molar refractivity (Wildman–Crippen MR) is 58.5 cm³/mol. The molecule has 1 saturated heterocycles. The smallest absolute Gasteiger partial charge is 0.331 e. The predicted octanol–water partition coefficient (Wildman–Crippen LogP) is 2.07. The van der Waals surface area contributed by atoms with Gasteiger partial charge in [-0.2, -0.15) is 13.2 Å². The highest BCUT2D eigenvalue weighted by molar-refractivity contribution is 8.13. The molecule has 0 radical (unpaired) electrons. The Hall–Kier alpha value is -0.720. The number of carbonyl (C=O) groups excluding carboxylic acids is 2. The van der Waals surface area contributed by atoms with E-state index in [0.29, 0.717) is 5.75 Å². The lowest BCUT2D eigenvalue weighted by Crippen LogP contribution is -2.44. The summed E-state index contributed by atoms with van der Waals surface area (Å²) in [6.45, 7) is 2.47. The van der Waals surface area contributed by atoms with Crippen LogP contribution in [0.3, 0.4) is 0 Å². The van der Waals surface area contributed by atoms with Crippen molar-refractivity contribution >= 4 is 22.8 Å². The number of rotatable bonds is 3. The maximum atomic E-state index is 12.5. The maximum absolute atomic E-state index is 12.5. The van der Waals surface area contributed by atoms with E-state index in [1.165, 1.54) is 6.92 Å². The van der Waals surface area contributed by atoms with Crippen LogP contribution in [0.5, 0.6) is 0 Å². The summed E-state index contributed by atoms with van der Waals surface area (Å²) in [6, 6.07) is -1.75. The number of thioether (sulfide) groups is 1. The molecule has 0 aromatic carbocycles. The summed E-state index contributed by atoms with van der Waals surface area (Å²) in [4.78, 5) is 23.0. The number of halogens is 3. The molecule has 98 valence electrons. The molecule has 0 aliphatic carbocycles. The molecule has 1 fully saturated rings. The Morgan fingerprint density at radius 3 is 2.65 bits per heavy atom. The third-order valence-corrected chi connectivity index (χ3v) is 3.75. The van der Waals surface area contributed by atoms with Crippen LogP contribution in [-0.2, 0) is 9.59 Å². The summed E-state index contributed by atoms with van der Waals surface area (Å²) < 4.78 is 37.4. The molecule has 1 amide bonds. The molecule has 0 spiro atoms. The van der Waals surface area contributed by atoms with Gasteiger partial charge in [-0.15, -0.1) is 0 Å². The third kappa shape index (κ3) is 3.90. The van der Waals surface area contributed by atoms with Crippen LogP contribution in [0.4, 0.5) is 13.2 Å². The number of likely N-dealkylation sites (tertiary alicyclic amines) is 1. The Labute approximate surface area is 102 Å². The molecule has 1 aliphatic rings. The Morgan fingerprint density at radius 1 is 1.59 bits per heavy atom. The van der Waals surface area contributed by atoms with E-state index in [9.17, 15) is 22.8 Å². The standard InChI is InChI=1S/C10H14F3NO2S/c1-6(10(11,12)13)14-4-8(3-9(14)16)5-17-7(2)15/h6,8H,3-5H2,1-2H3. The van der Waals surface area contributed by atoms with E-state index in [4.69, 9.17) is 0 Å². The van der Waals surface area contributed by atoms with Crippen molar-refractivity contribution in [1.82, 2.24) is 4.90 Å². The molecule has 0 bridgehead atoms. The first kappa shape index (κ1) is 14.3.